The van der Waals surface area contributed by atoms with E-state index in [9.17, 15) is 4.21 Å². The smallest absolute Gasteiger partial charge is 0.0237 e. The van der Waals surface area contributed by atoms with Crippen LogP contribution in [0.2, 0.25) is 0 Å². The van der Waals surface area contributed by atoms with Gasteiger partial charge >= 0.3 is 0 Å². The van der Waals surface area contributed by atoms with E-state index in [-0.39, 0.29) is 0 Å². The minimum atomic E-state index is -0.461. The van der Waals surface area contributed by atoms with E-state index in [0.29, 0.717) is 0 Å². The monoisotopic (exact) mass is 172 g/mol. The van der Waals surface area contributed by atoms with Crippen molar-refractivity contribution >= 4 is 10.8 Å². The SMILES string of the molecule is C#CC.CC1CCS(=O)CC1. The van der Waals surface area contributed by atoms with Gasteiger partial charge in [0.15, 0.2) is 0 Å². The van der Waals surface area contributed by atoms with Crippen molar-refractivity contribution < 1.29 is 4.21 Å². The van der Waals surface area contributed by atoms with E-state index in [2.05, 4.69) is 19.3 Å². The van der Waals surface area contributed by atoms with Gasteiger partial charge in [0.1, 0.15) is 0 Å². The van der Waals surface area contributed by atoms with Crippen LogP contribution in [0.15, 0.2) is 0 Å². The van der Waals surface area contributed by atoms with Crippen LogP contribution in [0.25, 0.3) is 0 Å². The van der Waals surface area contributed by atoms with Gasteiger partial charge in [-0.3, -0.25) is 4.21 Å². The van der Waals surface area contributed by atoms with Gasteiger partial charge in [-0.15, -0.1) is 12.3 Å². The van der Waals surface area contributed by atoms with Gasteiger partial charge < -0.3 is 0 Å². The van der Waals surface area contributed by atoms with Crippen LogP contribution in [-0.4, -0.2) is 15.7 Å². The largest absolute Gasteiger partial charge is 0.260 e. The third-order valence-corrected chi connectivity index (χ3v) is 3.06. The molecule has 0 amide bonds. The summed E-state index contributed by atoms with van der Waals surface area (Å²) in [4.78, 5) is 0. The standard InChI is InChI=1S/C6H12OS.C3H4/c1-6-2-4-8(7)5-3-6;1-3-2/h6H,2-5H2,1H3;1H,2H3. The van der Waals surface area contributed by atoms with E-state index in [1.807, 2.05) is 0 Å². The Hall–Kier alpha value is -0.290. The van der Waals surface area contributed by atoms with Crippen LogP contribution < -0.4 is 0 Å². The summed E-state index contributed by atoms with van der Waals surface area (Å²) in [5, 5.41) is 0. The second-order valence-corrected chi connectivity index (χ2v) is 4.52. The highest BCUT2D eigenvalue weighted by Crippen LogP contribution is 2.14. The first-order valence-electron chi connectivity index (χ1n) is 3.93. The highest BCUT2D eigenvalue weighted by molar-refractivity contribution is 7.85. The van der Waals surface area contributed by atoms with Crippen LogP contribution in [-0.2, 0) is 10.8 Å². The second-order valence-electron chi connectivity index (χ2n) is 2.82. The van der Waals surface area contributed by atoms with Gasteiger partial charge in [-0.05, 0) is 25.7 Å². The molecular weight excluding hydrogens is 156 g/mol. The molecule has 1 saturated heterocycles. The quantitative estimate of drug-likeness (QED) is 0.509. The molecule has 1 rings (SSSR count). The van der Waals surface area contributed by atoms with Crippen LogP contribution in [0.4, 0.5) is 0 Å². The van der Waals surface area contributed by atoms with Gasteiger partial charge in [-0.2, -0.15) is 0 Å². The predicted octanol–water partition coefficient (Wildman–Crippen LogP) is 1.80. The lowest BCUT2D eigenvalue weighted by atomic mass is 10.1. The summed E-state index contributed by atoms with van der Waals surface area (Å²) in [6.45, 7) is 3.89. The average Bonchev–Trinajstić information content (AvgIpc) is 1.97. The van der Waals surface area contributed by atoms with Crippen molar-refractivity contribution in [2.24, 2.45) is 5.92 Å². The molecule has 0 N–H and O–H groups in total. The fourth-order valence-electron chi connectivity index (χ4n) is 0.912. The topological polar surface area (TPSA) is 17.1 Å². The minimum absolute atomic E-state index is 0.461. The third-order valence-electron chi connectivity index (χ3n) is 1.68. The van der Waals surface area contributed by atoms with E-state index in [1.54, 1.807) is 6.92 Å². The van der Waals surface area contributed by atoms with Gasteiger partial charge in [-0.25, -0.2) is 0 Å². The summed E-state index contributed by atoms with van der Waals surface area (Å²) < 4.78 is 10.7. The van der Waals surface area contributed by atoms with Crippen LogP contribution >= 0.6 is 0 Å². The molecule has 0 saturated carbocycles. The first-order chi connectivity index (χ1) is 5.20. The molecule has 0 aliphatic carbocycles. The average molecular weight is 172 g/mol. The molecule has 0 aromatic heterocycles. The summed E-state index contributed by atoms with van der Waals surface area (Å²) in [5.41, 5.74) is 0. The number of terminal acetylenes is 1. The molecule has 0 bridgehead atoms. The lowest BCUT2D eigenvalue weighted by Crippen LogP contribution is -2.15. The number of hydrogen-bond acceptors (Lipinski definition) is 1. The van der Waals surface area contributed by atoms with E-state index in [4.69, 9.17) is 0 Å². The van der Waals surface area contributed by atoms with E-state index in [1.165, 1.54) is 12.8 Å². The van der Waals surface area contributed by atoms with Crippen molar-refractivity contribution in [3.63, 3.8) is 0 Å². The molecule has 1 aliphatic heterocycles. The van der Waals surface area contributed by atoms with Crippen LogP contribution in [0.1, 0.15) is 26.7 Å². The van der Waals surface area contributed by atoms with E-state index >= 15 is 0 Å². The van der Waals surface area contributed by atoms with Crippen LogP contribution in [0.3, 0.4) is 0 Å². The van der Waals surface area contributed by atoms with Crippen LogP contribution in [0, 0.1) is 18.3 Å². The van der Waals surface area contributed by atoms with Crippen molar-refractivity contribution in [1.82, 2.24) is 0 Å². The first kappa shape index (κ1) is 10.7. The molecule has 0 atom stereocenters. The first-order valence-corrected chi connectivity index (χ1v) is 5.41. The Kier molecular flexibility index (Phi) is 6.25. The maximum atomic E-state index is 10.7. The highest BCUT2D eigenvalue weighted by atomic mass is 32.2. The molecule has 1 nitrogen and oxygen atoms in total. The van der Waals surface area contributed by atoms with Crippen molar-refractivity contribution in [1.29, 1.82) is 0 Å². The summed E-state index contributed by atoms with van der Waals surface area (Å²) in [7, 11) is -0.461. The van der Waals surface area contributed by atoms with Crippen molar-refractivity contribution in [3.8, 4) is 12.3 Å². The Morgan fingerprint density at radius 1 is 1.45 bits per heavy atom. The maximum absolute atomic E-state index is 10.7. The zero-order valence-corrected chi connectivity index (χ0v) is 8.12. The molecule has 11 heavy (non-hydrogen) atoms. The van der Waals surface area contributed by atoms with Gasteiger partial charge in [0.25, 0.3) is 0 Å². The summed E-state index contributed by atoms with van der Waals surface area (Å²) >= 11 is 0. The zero-order chi connectivity index (χ0) is 8.69. The molecule has 64 valence electrons. The normalized spacial score (nSPS) is 29.5. The van der Waals surface area contributed by atoms with Gasteiger partial charge in [0, 0.05) is 22.3 Å². The highest BCUT2D eigenvalue weighted by Gasteiger charge is 2.12. The molecule has 0 unspecified atom stereocenters. The van der Waals surface area contributed by atoms with Crippen molar-refractivity contribution in [2.45, 2.75) is 26.7 Å². The molecule has 0 aromatic carbocycles. The van der Waals surface area contributed by atoms with E-state index in [0.717, 1.165) is 17.4 Å². The fraction of sp³-hybridized carbons (Fsp3) is 0.778. The lowest BCUT2D eigenvalue weighted by Gasteiger charge is -2.15. The predicted molar refractivity (Wildman–Crippen MR) is 50.8 cm³/mol. The lowest BCUT2D eigenvalue weighted by molar-refractivity contribution is 0.526. The molecule has 0 spiro atoms. The van der Waals surface area contributed by atoms with Crippen molar-refractivity contribution in [3.05, 3.63) is 0 Å². The second kappa shape index (κ2) is 6.42. The summed E-state index contributed by atoms with van der Waals surface area (Å²) in [6, 6.07) is 0. The zero-order valence-electron chi connectivity index (χ0n) is 7.30. The van der Waals surface area contributed by atoms with Gasteiger partial charge in [0.2, 0.25) is 0 Å². The third kappa shape index (κ3) is 6.12. The summed E-state index contributed by atoms with van der Waals surface area (Å²) in [5.74, 6) is 4.97. The minimum Gasteiger partial charge on any atom is -0.260 e. The number of hydrogen-bond donors (Lipinski definition) is 0. The fourth-order valence-corrected chi connectivity index (χ4v) is 2.45. The molecule has 0 aromatic rings. The van der Waals surface area contributed by atoms with Gasteiger partial charge in [0.05, 0.1) is 0 Å². The molecule has 1 fully saturated rings. The Balaban J connectivity index is 0.000000292. The maximum Gasteiger partial charge on any atom is 0.0237 e. The van der Waals surface area contributed by atoms with E-state index < -0.39 is 10.8 Å². The van der Waals surface area contributed by atoms with Crippen LogP contribution in [0.5, 0.6) is 0 Å². The Labute approximate surface area is 72.0 Å². The van der Waals surface area contributed by atoms with Crippen molar-refractivity contribution in [2.75, 3.05) is 11.5 Å². The molecule has 0 radical (unpaired) electrons. The van der Waals surface area contributed by atoms with Gasteiger partial charge in [-0.1, -0.05) is 6.92 Å². The Morgan fingerprint density at radius 3 is 2.09 bits per heavy atom. The molecular formula is C9H16OS. The summed E-state index contributed by atoms with van der Waals surface area (Å²) in [6.07, 6.45) is 6.94. The Morgan fingerprint density at radius 2 is 1.82 bits per heavy atom. The Bertz CT molecular complexity index is 147. The number of rotatable bonds is 0. The molecule has 1 heterocycles. The molecule has 2 heteroatoms. The molecule has 1 aliphatic rings.